The molecule has 1 aliphatic rings. The maximum Gasteiger partial charge on any atom is 0.0897 e. The molecule has 0 amide bonds. The van der Waals surface area contributed by atoms with E-state index in [1.165, 1.54) is 6.42 Å². The van der Waals surface area contributed by atoms with Crippen LogP contribution < -0.4 is 5.73 Å². The third-order valence-corrected chi connectivity index (χ3v) is 4.45. The second kappa shape index (κ2) is 6.61. The Kier molecular flexibility index (Phi) is 5.12. The first kappa shape index (κ1) is 13.9. The van der Waals surface area contributed by atoms with Gasteiger partial charge in [-0.05, 0) is 32.7 Å². The zero-order valence-electron chi connectivity index (χ0n) is 11.3. The van der Waals surface area contributed by atoms with E-state index in [2.05, 4.69) is 22.3 Å². The minimum absolute atomic E-state index is 0.396. The van der Waals surface area contributed by atoms with Crippen molar-refractivity contribution in [1.29, 1.82) is 0 Å². The Morgan fingerprint density at radius 1 is 1.67 bits per heavy atom. The van der Waals surface area contributed by atoms with Crippen LogP contribution in [0.2, 0.25) is 0 Å². The van der Waals surface area contributed by atoms with E-state index in [-0.39, 0.29) is 0 Å². The molecule has 0 saturated carbocycles. The van der Waals surface area contributed by atoms with Gasteiger partial charge in [0.25, 0.3) is 0 Å². The molecule has 1 saturated heterocycles. The number of hydrogen-bond donors (Lipinski definition) is 1. The van der Waals surface area contributed by atoms with Crippen molar-refractivity contribution in [2.75, 3.05) is 26.8 Å². The lowest BCUT2D eigenvalue weighted by atomic mass is 9.92. The molecular formula is C13H23N3OS. The Labute approximate surface area is 113 Å². The number of ether oxygens (including phenoxy) is 1. The summed E-state index contributed by atoms with van der Waals surface area (Å²) in [4.78, 5) is 6.84. The van der Waals surface area contributed by atoms with Gasteiger partial charge in [-0.2, -0.15) is 0 Å². The molecule has 2 unspecified atom stereocenters. The molecule has 18 heavy (non-hydrogen) atoms. The molecule has 2 heterocycles. The number of thiazole rings is 1. The van der Waals surface area contributed by atoms with E-state index in [0.717, 1.165) is 36.9 Å². The van der Waals surface area contributed by atoms with Gasteiger partial charge in [0.15, 0.2) is 0 Å². The summed E-state index contributed by atoms with van der Waals surface area (Å²) >= 11 is 1.71. The van der Waals surface area contributed by atoms with Gasteiger partial charge < -0.3 is 10.5 Å². The lowest BCUT2D eigenvalue weighted by Gasteiger charge is -2.35. The van der Waals surface area contributed by atoms with E-state index in [0.29, 0.717) is 18.5 Å². The molecule has 1 fully saturated rings. The van der Waals surface area contributed by atoms with Gasteiger partial charge in [-0.15, -0.1) is 11.3 Å². The molecule has 4 nitrogen and oxygen atoms in total. The Bertz CT molecular complexity index is 363. The van der Waals surface area contributed by atoms with E-state index < -0.39 is 0 Å². The number of nitrogens with zero attached hydrogens (tertiary/aromatic N) is 2. The second-order valence-electron chi connectivity index (χ2n) is 5.05. The van der Waals surface area contributed by atoms with Crippen LogP contribution in [0.3, 0.4) is 0 Å². The van der Waals surface area contributed by atoms with Crippen LogP contribution in [0.1, 0.15) is 23.5 Å². The van der Waals surface area contributed by atoms with Crippen molar-refractivity contribution in [2.45, 2.75) is 32.4 Å². The van der Waals surface area contributed by atoms with Crippen molar-refractivity contribution in [3.63, 3.8) is 0 Å². The maximum absolute atomic E-state index is 5.95. The van der Waals surface area contributed by atoms with Gasteiger partial charge in [-0.1, -0.05) is 0 Å². The average Bonchev–Trinajstić information content (AvgIpc) is 2.77. The third-order valence-electron chi connectivity index (χ3n) is 3.63. The maximum atomic E-state index is 5.95. The SMILES string of the molecule is Cc1nc(CN(C)C(CN)C2CCCOC2)cs1. The summed E-state index contributed by atoms with van der Waals surface area (Å²) in [6, 6.07) is 0.396. The summed E-state index contributed by atoms with van der Waals surface area (Å²) in [6.45, 7) is 5.37. The van der Waals surface area contributed by atoms with E-state index >= 15 is 0 Å². The highest BCUT2D eigenvalue weighted by atomic mass is 32.1. The summed E-state index contributed by atoms with van der Waals surface area (Å²) in [5, 5.41) is 3.26. The summed E-state index contributed by atoms with van der Waals surface area (Å²) in [5.41, 5.74) is 7.10. The van der Waals surface area contributed by atoms with Gasteiger partial charge in [0.05, 0.1) is 17.3 Å². The summed E-state index contributed by atoms with van der Waals surface area (Å²) < 4.78 is 5.57. The average molecular weight is 269 g/mol. The van der Waals surface area contributed by atoms with Crippen LogP contribution in [-0.2, 0) is 11.3 Å². The van der Waals surface area contributed by atoms with Gasteiger partial charge in [0.2, 0.25) is 0 Å². The summed E-state index contributed by atoms with van der Waals surface area (Å²) in [6.07, 6.45) is 2.38. The minimum atomic E-state index is 0.396. The van der Waals surface area contributed by atoms with Gasteiger partial charge in [0.1, 0.15) is 0 Å². The molecule has 5 heteroatoms. The van der Waals surface area contributed by atoms with Crippen molar-refractivity contribution in [3.05, 3.63) is 16.1 Å². The van der Waals surface area contributed by atoms with Gasteiger partial charge in [0, 0.05) is 31.1 Å². The Morgan fingerprint density at radius 2 is 2.50 bits per heavy atom. The second-order valence-corrected chi connectivity index (χ2v) is 6.12. The zero-order valence-corrected chi connectivity index (χ0v) is 12.1. The number of likely N-dealkylation sites (N-methyl/N-ethyl adjacent to an activating group) is 1. The number of aryl methyl sites for hydroxylation is 1. The van der Waals surface area contributed by atoms with Crippen LogP contribution >= 0.6 is 11.3 Å². The first-order valence-corrected chi connectivity index (χ1v) is 7.47. The van der Waals surface area contributed by atoms with Crippen LogP contribution in [0.25, 0.3) is 0 Å². The molecule has 1 aromatic rings. The fraction of sp³-hybridized carbons (Fsp3) is 0.769. The largest absolute Gasteiger partial charge is 0.381 e. The summed E-state index contributed by atoms with van der Waals surface area (Å²) in [5.74, 6) is 0.563. The smallest absolute Gasteiger partial charge is 0.0897 e. The Morgan fingerprint density at radius 3 is 3.06 bits per heavy atom. The summed E-state index contributed by atoms with van der Waals surface area (Å²) in [7, 11) is 2.14. The van der Waals surface area contributed by atoms with E-state index in [1.54, 1.807) is 11.3 Å². The molecule has 0 aliphatic carbocycles. The molecule has 102 valence electrons. The van der Waals surface area contributed by atoms with Crippen molar-refractivity contribution in [3.8, 4) is 0 Å². The first-order chi connectivity index (χ1) is 8.70. The van der Waals surface area contributed by atoms with Crippen molar-refractivity contribution in [1.82, 2.24) is 9.88 Å². The molecule has 0 radical (unpaired) electrons. The number of aromatic nitrogens is 1. The topological polar surface area (TPSA) is 51.4 Å². The van der Waals surface area contributed by atoms with E-state index in [4.69, 9.17) is 10.5 Å². The molecule has 2 atom stereocenters. The van der Waals surface area contributed by atoms with Crippen LogP contribution in [0.5, 0.6) is 0 Å². The monoisotopic (exact) mass is 269 g/mol. The first-order valence-electron chi connectivity index (χ1n) is 6.59. The van der Waals surface area contributed by atoms with Crippen molar-refractivity contribution < 1.29 is 4.74 Å². The third kappa shape index (κ3) is 3.51. The van der Waals surface area contributed by atoms with Crippen LogP contribution in [0.4, 0.5) is 0 Å². The quantitative estimate of drug-likeness (QED) is 0.883. The van der Waals surface area contributed by atoms with Crippen molar-refractivity contribution >= 4 is 11.3 Å². The number of rotatable bonds is 5. The highest BCUT2D eigenvalue weighted by molar-refractivity contribution is 7.09. The molecule has 2 rings (SSSR count). The Hall–Kier alpha value is -0.490. The standard InChI is InChI=1S/C13H23N3OS/c1-10-15-12(9-18-10)7-16(2)13(6-14)11-4-3-5-17-8-11/h9,11,13H,3-8,14H2,1-2H3. The highest BCUT2D eigenvalue weighted by Gasteiger charge is 2.26. The lowest BCUT2D eigenvalue weighted by Crippen LogP contribution is -2.45. The normalized spacial score (nSPS) is 22.3. The molecule has 0 bridgehead atoms. The van der Waals surface area contributed by atoms with Gasteiger partial charge in [-0.25, -0.2) is 4.98 Å². The van der Waals surface area contributed by atoms with E-state index in [1.807, 2.05) is 6.92 Å². The fourth-order valence-electron chi connectivity index (χ4n) is 2.66. The lowest BCUT2D eigenvalue weighted by molar-refractivity contribution is 0.0154. The van der Waals surface area contributed by atoms with Crippen LogP contribution in [0, 0.1) is 12.8 Å². The molecule has 1 aliphatic heterocycles. The molecular weight excluding hydrogens is 246 g/mol. The molecule has 0 aromatic carbocycles. The van der Waals surface area contributed by atoms with Crippen LogP contribution in [0.15, 0.2) is 5.38 Å². The number of nitrogens with two attached hydrogens (primary N) is 1. The van der Waals surface area contributed by atoms with Gasteiger partial charge in [-0.3, -0.25) is 4.90 Å². The zero-order chi connectivity index (χ0) is 13.0. The van der Waals surface area contributed by atoms with Gasteiger partial charge >= 0.3 is 0 Å². The highest BCUT2D eigenvalue weighted by Crippen LogP contribution is 2.21. The predicted molar refractivity (Wildman–Crippen MR) is 74.7 cm³/mol. The van der Waals surface area contributed by atoms with Crippen molar-refractivity contribution in [2.24, 2.45) is 11.7 Å². The fourth-order valence-corrected chi connectivity index (χ4v) is 3.26. The minimum Gasteiger partial charge on any atom is -0.381 e. The predicted octanol–water partition coefficient (Wildman–Crippen LogP) is 1.64. The van der Waals surface area contributed by atoms with Crippen LogP contribution in [-0.4, -0.2) is 42.7 Å². The molecule has 1 aromatic heterocycles. The molecule has 0 spiro atoms. The molecule has 2 N–H and O–H groups in total. The Balaban J connectivity index is 1.93. The number of hydrogen-bond acceptors (Lipinski definition) is 5. The van der Waals surface area contributed by atoms with E-state index in [9.17, 15) is 0 Å².